The fourth-order valence-electron chi connectivity index (χ4n) is 4.41. The van der Waals surface area contributed by atoms with E-state index in [1.807, 2.05) is 42.9 Å². The van der Waals surface area contributed by atoms with Crippen molar-refractivity contribution in [3.05, 3.63) is 65.9 Å². The molecule has 0 bridgehead atoms. The van der Waals surface area contributed by atoms with Crippen LogP contribution in [-0.2, 0) is 13.6 Å². The van der Waals surface area contributed by atoms with Crippen molar-refractivity contribution in [3.63, 3.8) is 0 Å². The highest BCUT2D eigenvalue weighted by molar-refractivity contribution is 5.99. The SMILES string of the molecule is Cc1nc(F)ccc1CNC1CCN(c2nnc(-c3ccnn3C)c3ccccc23)CC1. The van der Waals surface area contributed by atoms with Gasteiger partial charge in [-0.05, 0) is 37.5 Å². The average molecular weight is 432 g/mol. The lowest BCUT2D eigenvalue weighted by Gasteiger charge is -2.33. The Labute approximate surface area is 186 Å². The molecule has 8 heteroatoms. The fraction of sp³-hybridized carbons (Fsp3) is 0.333. The van der Waals surface area contributed by atoms with Gasteiger partial charge in [0.1, 0.15) is 5.69 Å². The predicted octanol–water partition coefficient (Wildman–Crippen LogP) is 3.63. The lowest BCUT2D eigenvalue weighted by Crippen LogP contribution is -2.42. The molecule has 1 fully saturated rings. The third-order valence-electron chi connectivity index (χ3n) is 6.27. The molecule has 0 amide bonds. The van der Waals surface area contributed by atoms with E-state index in [1.165, 1.54) is 6.07 Å². The molecule has 1 aliphatic heterocycles. The van der Waals surface area contributed by atoms with Gasteiger partial charge in [-0.15, -0.1) is 10.2 Å². The van der Waals surface area contributed by atoms with Gasteiger partial charge in [0.15, 0.2) is 5.82 Å². The first kappa shape index (κ1) is 20.5. The number of hydrogen-bond donors (Lipinski definition) is 1. The molecule has 1 aromatic carbocycles. The van der Waals surface area contributed by atoms with Crippen molar-refractivity contribution in [1.29, 1.82) is 0 Å². The van der Waals surface area contributed by atoms with E-state index in [0.717, 1.165) is 65.2 Å². The predicted molar refractivity (Wildman–Crippen MR) is 123 cm³/mol. The topological polar surface area (TPSA) is 71.8 Å². The molecular weight excluding hydrogens is 405 g/mol. The van der Waals surface area contributed by atoms with Crippen LogP contribution in [0.25, 0.3) is 22.2 Å². The maximum absolute atomic E-state index is 13.2. The van der Waals surface area contributed by atoms with Crippen LogP contribution >= 0.6 is 0 Å². The van der Waals surface area contributed by atoms with Crippen LogP contribution in [0.15, 0.2) is 48.7 Å². The van der Waals surface area contributed by atoms with Crippen LogP contribution < -0.4 is 10.2 Å². The number of halogens is 1. The standard InChI is InChI=1S/C24H26FN7/c1-16-17(7-8-22(25)28-16)15-26-18-10-13-32(14-11-18)24-20-6-4-3-5-19(20)23(29-30-24)21-9-12-27-31(21)2/h3-9,12,18,26H,10-11,13-15H2,1-2H3. The molecule has 0 spiro atoms. The Bertz CT molecular complexity index is 1240. The third kappa shape index (κ3) is 3.93. The summed E-state index contributed by atoms with van der Waals surface area (Å²) in [5, 5.41) is 19.3. The summed E-state index contributed by atoms with van der Waals surface area (Å²) in [6.45, 7) is 4.36. The summed E-state index contributed by atoms with van der Waals surface area (Å²) in [4.78, 5) is 6.24. The molecule has 0 aliphatic carbocycles. The summed E-state index contributed by atoms with van der Waals surface area (Å²) >= 11 is 0. The largest absolute Gasteiger partial charge is 0.354 e. The van der Waals surface area contributed by atoms with Crippen molar-refractivity contribution >= 4 is 16.6 Å². The Morgan fingerprint density at radius 1 is 1.03 bits per heavy atom. The number of nitrogens with one attached hydrogen (secondary N) is 1. The number of rotatable bonds is 5. The molecule has 0 atom stereocenters. The molecule has 1 aliphatic rings. The van der Waals surface area contributed by atoms with Crippen LogP contribution in [0.4, 0.5) is 10.2 Å². The summed E-state index contributed by atoms with van der Waals surface area (Å²) in [7, 11) is 1.92. The highest BCUT2D eigenvalue weighted by Crippen LogP contribution is 2.32. The van der Waals surface area contributed by atoms with Crippen molar-refractivity contribution in [2.24, 2.45) is 7.05 Å². The van der Waals surface area contributed by atoms with Crippen LogP contribution in [0.5, 0.6) is 0 Å². The molecule has 4 aromatic rings. The lowest BCUT2D eigenvalue weighted by atomic mass is 10.0. The third-order valence-corrected chi connectivity index (χ3v) is 6.27. The van der Waals surface area contributed by atoms with E-state index in [4.69, 9.17) is 0 Å². The Hall–Kier alpha value is -3.39. The lowest BCUT2D eigenvalue weighted by molar-refractivity contribution is 0.412. The second-order valence-electron chi connectivity index (χ2n) is 8.28. The summed E-state index contributed by atoms with van der Waals surface area (Å²) < 4.78 is 15.1. The minimum absolute atomic E-state index is 0.406. The van der Waals surface area contributed by atoms with Crippen molar-refractivity contribution in [2.75, 3.05) is 18.0 Å². The van der Waals surface area contributed by atoms with E-state index in [2.05, 4.69) is 42.6 Å². The molecule has 0 radical (unpaired) electrons. The molecule has 1 saturated heterocycles. The molecule has 32 heavy (non-hydrogen) atoms. The highest BCUT2D eigenvalue weighted by atomic mass is 19.1. The number of nitrogens with zero attached hydrogens (tertiary/aromatic N) is 6. The number of aryl methyl sites for hydroxylation is 2. The monoisotopic (exact) mass is 431 g/mol. The number of pyridine rings is 1. The van der Waals surface area contributed by atoms with Gasteiger partial charge >= 0.3 is 0 Å². The van der Waals surface area contributed by atoms with Gasteiger partial charge in [-0.2, -0.15) is 9.49 Å². The molecule has 0 unspecified atom stereocenters. The van der Waals surface area contributed by atoms with E-state index in [1.54, 1.807) is 6.20 Å². The normalized spacial score (nSPS) is 14.9. The summed E-state index contributed by atoms with van der Waals surface area (Å²) in [6.07, 6.45) is 3.79. The van der Waals surface area contributed by atoms with Gasteiger partial charge in [0.05, 0.1) is 5.69 Å². The van der Waals surface area contributed by atoms with Crippen LogP contribution in [-0.4, -0.2) is 44.1 Å². The number of anilines is 1. The molecule has 4 heterocycles. The maximum atomic E-state index is 13.2. The number of aromatic nitrogens is 5. The van der Waals surface area contributed by atoms with Gasteiger partial charge in [0.25, 0.3) is 0 Å². The van der Waals surface area contributed by atoms with E-state index in [-0.39, 0.29) is 0 Å². The van der Waals surface area contributed by atoms with Gasteiger partial charge in [-0.3, -0.25) is 4.68 Å². The number of fused-ring (bicyclic) bond motifs is 1. The van der Waals surface area contributed by atoms with Gasteiger partial charge in [0, 0.05) is 55.4 Å². The fourth-order valence-corrected chi connectivity index (χ4v) is 4.41. The average Bonchev–Trinajstić information content (AvgIpc) is 3.24. The molecule has 0 saturated carbocycles. The number of piperidine rings is 1. The van der Waals surface area contributed by atoms with Crippen molar-refractivity contribution in [3.8, 4) is 11.4 Å². The van der Waals surface area contributed by atoms with Crippen molar-refractivity contribution in [2.45, 2.75) is 32.4 Å². The summed E-state index contributed by atoms with van der Waals surface area (Å²) in [5.41, 5.74) is 3.58. The second kappa shape index (κ2) is 8.63. The smallest absolute Gasteiger partial charge is 0.213 e. The van der Waals surface area contributed by atoms with E-state index in [9.17, 15) is 4.39 Å². The Kier molecular flexibility index (Phi) is 5.53. The van der Waals surface area contributed by atoms with Gasteiger partial charge in [-0.1, -0.05) is 30.3 Å². The zero-order valence-electron chi connectivity index (χ0n) is 18.3. The van der Waals surface area contributed by atoms with E-state index >= 15 is 0 Å². The van der Waals surface area contributed by atoms with Gasteiger partial charge in [-0.25, -0.2) is 4.98 Å². The first-order valence-corrected chi connectivity index (χ1v) is 10.9. The zero-order chi connectivity index (χ0) is 22.1. The summed E-state index contributed by atoms with van der Waals surface area (Å²) in [6, 6.07) is 13.9. The molecule has 1 N–H and O–H groups in total. The van der Waals surface area contributed by atoms with Gasteiger partial charge in [0.2, 0.25) is 5.95 Å². The number of hydrogen-bond acceptors (Lipinski definition) is 6. The Morgan fingerprint density at radius 2 is 1.81 bits per heavy atom. The first-order chi connectivity index (χ1) is 15.6. The maximum Gasteiger partial charge on any atom is 0.213 e. The van der Waals surface area contributed by atoms with Crippen molar-refractivity contribution in [1.82, 2.24) is 30.3 Å². The molecule has 5 rings (SSSR count). The Morgan fingerprint density at radius 3 is 2.53 bits per heavy atom. The van der Waals surface area contributed by atoms with Crippen LogP contribution in [0.3, 0.4) is 0 Å². The molecule has 7 nitrogen and oxygen atoms in total. The van der Waals surface area contributed by atoms with Crippen LogP contribution in [0.2, 0.25) is 0 Å². The van der Waals surface area contributed by atoms with Gasteiger partial charge < -0.3 is 10.2 Å². The van der Waals surface area contributed by atoms with Crippen LogP contribution in [0.1, 0.15) is 24.1 Å². The Balaban J connectivity index is 1.31. The van der Waals surface area contributed by atoms with Crippen molar-refractivity contribution < 1.29 is 4.39 Å². The number of benzene rings is 1. The molecule has 3 aromatic heterocycles. The molecule has 164 valence electrons. The quantitative estimate of drug-likeness (QED) is 0.487. The summed E-state index contributed by atoms with van der Waals surface area (Å²) in [5.74, 6) is 0.505. The van der Waals surface area contributed by atoms with E-state index < -0.39 is 5.95 Å². The minimum atomic E-state index is -0.428. The second-order valence-corrected chi connectivity index (χ2v) is 8.28. The van der Waals surface area contributed by atoms with E-state index in [0.29, 0.717) is 12.6 Å². The molecular formula is C24H26FN7. The first-order valence-electron chi connectivity index (χ1n) is 10.9. The highest BCUT2D eigenvalue weighted by Gasteiger charge is 2.23. The minimum Gasteiger partial charge on any atom is -0.354 e. The zero-order valence-corrected chi connectivity index (χ0v) is 18.3. The van der Waals surface area contributed by atoms with Crippen LogP contribution in [0, 0.1) is 12.9 Å².